The van der Waals surface area contributed by atoms with Crippen molar-refractivity contribution in [1.82, 2.24) is 0 Å². The van der Waals surface area contributed by atoms with E-state index in [1.54, 1.807) is 4.90 Å². The SMILES string of the molecule is CC[C@H]1CN(c2cc(C)c(C)c(C)c2)C(=O)O1. The zero-order valence-corrected chi connectivity index (χ0v) is 10.9. The monoisotopic (exact) mass is 233 g/mol. The molecular formula is C14H19NO2. The molecule has 1 saturated heterocycles. The van der Waals surface area contributed by atoms with Crippen LogP contribution in [0, 0.1) is 20.8 Å². The lowest BCUT2D eigenvalue weighted by molar-refractivity contribution is 0.139. The Hall–Kier alpha value is -1.51. The van der Waals surface area contributed by atoms with Crippen molar-refractivity contribution in [3.8, 4) is 0 Å². The topological polar surface area (TPSA) is 29.5 Å². The van der Waals surface area contributed by atoms with E-state index >= 15 is 0 Å². The van der Waals surface area contributed by atoms with E-state index in [1.807, 2.05) is 6.92 Å². The quantitative estimate of drug-likeness (QED) is 0.784. The van der Waals surface area contributed by atoms with Gasteiger partial charge in [-0.3, -0.25) is 4.90 Å². The van der Waals surface area contributed by atoms with Gasteiger partial charge in [-0.1, -0.05) is 6.92 Å². The van der Waals surface area contributed by atoms with E-state index in [-0.39, 0.29) is 12.2 Å². The molecule has 1 aromatic rings. The summed E-state index contributed by atoms with van der Waals surface area (Å²) in [4.78, 5) is 13.5. The molecular weight excluding hydrogens is 214 g/mol. The third-order valence-electron chi connectivity index (χ3n) is 3.55. The van der Waals surface area contributed by atoms with Gasteiger partial charge in [0.15, 0.2) is 0 Å². The molecule has 0 spiro atoms. The van der Waals surface area contributed by atoms with Crippen LogP contribution in [0.5, 0.6) is 0 Å². The third-order valence-corrected chi connectivity index (χ3v) is 3.55. The number of cyclic esters (lactones) is 1. The lowest BCUT2D eigenvalue weighted by Gasteiger charge is -2.16. The van der Waals surface area contributed by atoms with Crippen LogP contribution in [0.3, 0.4) is 0 Å². The first-order valence-electron chi connectivity index (χ1n) is 6.09. The van der Waals surface area contributed by atoms with Gasteiger partial charge >= 0.3 is 6.09 Å². The van der Waals surface area contributed by atoms with Crippen molar-refractivity contribution >= 4 is 11.8 Å². The van der Waals surface area contributed by atoms with Crippen molar-refractivity contribution in [3.63, 3.8) is 0 Å². The summed E-state index contributed by atoms with van der Waals surface area (Å²) in [7, 11) is 0. The number of benzene rings is 1. The lowest BCUT2D eigenvalue weighted by atomic mass is 10.0. The summed E-state index contributed by atoms with van der Waals surface area (Å²) in [6, 6.07) is 4.11. The predicted octanol–water partition coefficient (Wildman–Crippen LogP) is 3.35. The Morgan fingerprint density at radius 1 is 1.29 bits per heavy atom. The second-order valence-electron chi connectivity index (χ2n) is 4.73. The van der Waals surface area contributed by atoms with Gasteiger partial charge in [0.1, 0.15) is 6.10 Å². The van der Waals surface area contributed by atoms with Gasteiger partial charge in [0.05, 0.1) is 6.54 Å². The van der Waals surface area contributed by atoms with Crippen LogP contribution in [-0.2, 0) is 4.74 Å². The number of ether oxygens (including phenoxy) is 1. The maximum absolute atomic E-state index is 11.8. The molecule has 0 saturated carbocycles. The average Bonchev–Trinajstić information content (AvgIpc) is 2.67. The molecule has 1 aliphatic rings. The minimum Gasteiger partial charge on any atom is -0.444 e. The first-order valence-corrected chi connectivity index (χ1v) is 6.09. The Morgan fingerprint density at radius 3 is 2.35 bits per heavy atom. The molecule has 0 aromatic heterocycles. The standard InChI is InChI=1S/C14H19NO2/c1-5-13-8-15(14(16)17-13)12-6-9(2)11(4)10(3)7-12/h6-7,13H,5,8H2,1-4H3/t13-/m0/s1. The summed E-state index contributed by atoms with van der Waals surface area (Å²) >= 11 is 0. The maximum atomic E-state index is 11.8. The van der Waals surface area contributed by atoms with Crippen molar-refractivity contribution in [1.29, 1.82) is 0 Å². The van der Waals surface area contributed by atoms with Crippen LogP contribution in [0.4, 0.5) is 10.5 Å². The zero-order chi connectivity index (χ0) is 12.6. The predicted molar refractivity (Wildman–Crippen MR) is 68.6 cm³/mol. The first kappa shape index (κ1) is 12.0. The fourth-order valence-electron chi connectivity index (χ4n) is 2.11. The van der Waals surface area contributed by atoms with Crippen molar-refractivity contribution in [3.05, 3.63) is 28.8 Å². The maximum Gasteiger partial charge on any atom is 0.414 e. The lowest BCUT2D eigenvalue weighted by Crippen LogP contribution is -2.24. The number of hydrogen-bond donors (Lipinski definition) is 0. The van der Waals surface area contributed by atoms with Crippen LogP contribution < -0.4 is 4.90 Å². The van der Waals surface area contributed by atoms with Gasteiger partial charge in [0.25, 0.3) is 0 Å². The minimum atomic E-state index is -0.223. The van der Waals surface area contributed by atoms with E-state index in [4.69, 9.17) is 4.74 Å². The molecule has 1 heterocycles. The molecule has 2 rings (SSSR count). The van der Waals surface area contributed by atoms with Crippen LogP contribution in [0.2, 0.25) is 0 Å². The normalized spacial score (nSPS) is 19.6. The summed E-state index contributed by atoms with van der Waals surface area (Å²) in [5.41, 5.74) is 4.67. The van der Waals surface area contributed by atoms with Crippen LogP contribution in [0.25, 0.3) is 0 Å². The number of carbonyl (C=O) groups excluding carboxylic acids is 1. The Bertz CT molecular complexity index is 431. The Morgan fingerprint density at radius 2 is 1.88 bits per heavy atom. The molecule has 1 atom stereocenters. The van der Waals surface area contributed by atoms with Gasteiger partial charge in [-0.05, 0) is 56.0 Å². The highest BCUT2D eigenvalue weighted by Crippen LogP contribution is 2.26. The highest BCUT2D eigenvalue weighted by atomic mass is 16.6. The molecule has 0 N–H and O–H groups in total. The van der Waals surface area contributed by atoms with E-state index in [9.17, 15) is 4.79 Å². The van der Waals surface area contributed by atoms with Crippen molar-refractivity contribution < 1.29 is 9.53 Å². The third kappa shape index (κ3) is 2.14. The molecule has 0 unspecified atom stereocenters. The van der Waals surface area contributed by atoms with Gasteiger partial charge in [-0.15, -0.1) is 0 Å². The number of amides is 1. The van der Waals surface area contributed by atoms with Gasteiger partial charge < -0.3 is 4.74 Å². The summed E-state index contributed by atoms with van der Waals surface area (Å²) in [6.07, 6.45) is 0.676. The van der Waals surface area contributed by atoms with Crippen LogP contribution in [-0.4, -0.2) is 18.7 Å². The fourth-order valence-corrected chi connectivity index (χ4v) is 2.11. The largest absolute Gasteiger partial charge is 0.444 e. The number of hydrogen-bond acceptors (Lipinski definition) is 2. The molecule has 1 aliphatic heterocycles. The van der Waals surface area contributed by atoms with E-state index in [0.717, 1.165) is 12.1 Å². The minimum absolute atomic E-state index is 0.0319. The van der Waals surface area contributed by atoms with Crippen molar-refractivity contribution in [2.24, 2.45) is 0 Å². The smallest absolute Gasteiger partial charge is 0.414 e. The second kappa shape index (κ2) is 4.40. The number of aryl methyl sites for hydroxylation is 2. The Balaban J connectivity index is 2.32. The van der Waals surface area contributed by atoms with Crippen LogP contribution in [0.15, 0.2) is 12.1 Å². The molecule has 92 valence electrons. The van der Waals surface area contributed by atoms with E-state index in [0.29, 0.717) is 6.54 Å². The molecule has 3 nitrogen and oxygen atoms in total. The number of carbonyl (C=O) groups is 1. The highest BCUT2D eigenvalue weighted by Gasteiger charge is 2.31. The molecule has 0 radical (unpaired) electrons. The fraction of sp³-hybridized carbons (Fsp3) is 0.500. The molecule has 1 amide bonds. The van der Waals surface area contributed by atoms with Gasteiger partial charge in [-0.2, -0.15) is 0 Å². The highest BCUT2D eigenvalue weighted by molar-refractivity contribution is 5.90. The molecule has 0 aliphatic carbocycles. The Labute approximate surface area is 102 Å². The first-order chi connectivity index (χ1) is 8.02. The number of rotatable bonds is 2. The average molecular weight is 233 g/mol. The zero-order valence-electron chi connectivity index (χ0n) is 10.9. The number of anilines is 1. The molecule has 1 fully saturated rings. The summed E-state index contributed by atoms with van der Waals surface area (Å²) in [5.74, 6) is 0. The molecule has 1 aromatic carbocycles. The van der Waals surface area contributed by atoms with Crippen molar-refractivity contribution in [2.45, 2.75) is 40.2 Å². The molecule has 3 heteroatoms. The summed E-state index contributed by atoms with van der Waals surface area (Å²) in [6.45, 7) is 8.95. The molecule has 17 heavy (non-hydrogen) atoms. The van der Waals surface area contributed by atoms with E-state index in [1.165, 1.54) is 16.7 Å². The van der Waals surface area contributed by atoms with E-state index < -0.39 is 0 Å². The van der Waals surface area contributed by atoms with Gasteiger partial charge in [-0.25, -0.2) is 4.79 Å². The van der Waals surface area contributed by atoms with Crippen LogP contribution in [0.1, 0.15) is 30.0 Å². The summed E-state index contributed by atoms with van der Waals surface area (Å²) < 4.78 is 5.27. The van der Waals surface area contributed by atoms with Gasteiger partial charge in [0, 0.05) is 5.69 Å². The van der Waals surface area contributed by atoms with Crippen molar-refractivity contribution in [2.75, 3.05) is 11.4 Å². The molecule has 0 bridgehead atoms. The van der Waals surface area contributed by atoms with Gasteiger partial charge in [0.2, 0.25) is 0 Å². The van der Waals surface area contributed by atoms with E-state index in [2.05, 4.69) is 32.9 Å². The Kier molecular flexibility index (Phi) is 3.09. The summed E-state index contributed by atoms with van der Waals surface area (Å²) in [5, 5.41) is 0. The second-order valence-corrected chi connectivity index (χ2v) is 4.73. The number of nitrogens with zero attached hydrogens (tertiary/aromatic N) is 1. The van der Waals surface area contributed by atoms with Crippen LogP contribution >= 0.6 is 0 Å².